The first-order chi connectivity index (χ1) is 8.83. The van der Waals surface area contributed by atoms with Crippen LogP contribution in [0, 0.1) is 10.1 Å². The van der Waals surface area contributed by atoms with Crippen LogP contribution in [0.3, 0.4) is 0 Å². The average molecular weight is 276 g/mol. The van der Waals surface area contributed by atoms with Crippen molar-refractivity contribution in [3.8, 4) is 5.75 Å². The molecular formula is C11H14F2N2O4. The molecule has 1 rings (SSSR count). The molecule has 1 atom stereocenters. The maximum Gasteiger partial charge on any atom is 0.289 e. The van der Waals surface area contributed by atoms with Crippen LogP contribution in [-0.4, -0.2) is 29.2 Å². The highest BCUT2D eigenvalue weighted by molar-refractivity contribution is 5.46. The molecule has 0 aliphatic rings. The summed E-state index contributed by atoms with van der Waals surface area (Å²) in [5.41, 5.74) is 4.79. The lowest BCUT2D eigenvalue weighted by Crippen LogP contribution is -2.36. The summed E-state index contributed by atoms with van der Waals surface area (Å²) >= 11 is 0. The van der Waals surface area contributed by atoms with Crippen LogP contribution in [0.1, 0.15) is 18.5 Å². The molecule has 0 bridgehead atoms. The smallest absolute Gasteiger partial charge is 0.289 e. The Morgan fingerprint density at radius 1 is 1.58 bits per heavy atom. The van der Waals surface area contributed by atoms with E-state index in [-0.39, 0.29) is 23.6 Å². The van der Waals surface area contributed by atoms with Crippen LogP contribution in [0.5, 0.6) is 5.75 Å². The second kappa shape index (κ2) is 5.89. The quantitative estimate of drug-likeness (QED) is 0.607. The molecule has 1 aromatic rings. The maximum absolute atomic E-state index is 13.4. The van der Waals surface area contributed by atoms with Crippen molar-refractivity contribution in [3.05, 3.63) is 33.9 Å². The van der Waals surface area contributed by atoms with E-state index in [1.54, 1.807) is 6.92 Å². The number of ether oxygens (including phenoxy) is 1. The highest BCUT2D eigenvalue weighted by atomic mass is 19.3. The summed E-state index contributed by atoms with van der Waals surface area (Å²) in [6.45, 7) is 0.381. The molecule has 6 nitrogen and oxygen atoms in total. The van der Waals surface area contributed by atoms with Gasteiger partial charge in [0.25, 0.3) is 11.6 Å². The van der Waals surface area contributed by atoms with E-state index in [9.17, 15) is 18.9 Å². The number of aliphatic hydroxyl groups excluding tert-OH is 1. The summed E-state index contributed by atoms with van der Waals surface area (Å²) in [6, 6.07) is 1.39. The van der Waals surface area contributed by atoms with E-state index in [1.807, 2.05) is 0 Å². The van der Waals surface area contributed by atoms with E-state index in [0.717, 1.165) is 12.1 Å². The van der Waals surface area contributed by atoms with Crippen molar-refractivity contribution in [2.45, 2.75) is 18.9 Å². The number of nitrogens with zero attached hydrogens (tertiary/aromatic N) is 1. The van der Waals surface area contributed by atoms with Crippen LogP contribution in [-0.2, 0) is 0 Å². The van der Waals surface area contributed by atoms with Crippen LogP contribution >= 0.6 is 0 Å². The summed E-state index contributed by atoms with van der Waals surface area (Å²) in [7, 11) is 0. The summed E-state index contributed by atoms with van der Waals surface area (Å²) < 4.78 is 31.9. The Bertz CT molecular complexity index is 468. The van der Waals surface area contributed by atoms with Gasteiger partial charge in [-0.05, 0) is 13.0 Å². The molecule has 106 valence electrons. The van der Waals surface area contributed by atoms with Crippen LogP contribution < -0.4 is 10.5 Å². The number of nitro groups is 1. The standard InChI is InChI=1S/C11H14F2N2O4/c1-2-19-9-4-3-7(15(17)18)5-8(9)10(14)11(12,13)6-16/h3-5,10,16H,2,6,14H2,1H3/t10-/m1/s1. The van der Waals surface area contributed by atoms with Crippen LogP contribution in [0.4, 0.5) is 14.5 Å². The van der Waals surface area contributed by atoms with Gasteiger partial charge in [-0.1, -0.05) is 0 Å². The van der Waals surface area contributed by atoms with E-state index < -0.39 is 23.5 Å². The van der Waals surface area contributed by atoms with E-state index >= 15 is 0 Å². The van der Waals surface area contributed by atoms with Gasteiger partial charge in [0.15, 0.2) is 0 Å². The van der Waals surface area contributed by atoms with Crippen LogP contribution in [0.2, 0.25) is 0 Å². The van der Waals surface area contributed by atoms with Gasteiger partial charge in [-0.3, -0.25) is 10.1 Å². The van der Waals surface area contributed by atoms with E-state index in [4.69, 9.17) is 15.6 Å². The van der Waals surface area contributed by atoms with Gasteiger partial charge in [0.1, 0.15) is 18.4 Å². The van der Waals surface area contributed by atoms with Gasteiger partial charge in [-0.15, -0.1) is 0 Å². The number of benzene rings is 1. The molecule has 8 heteroatoms. The lowest BCUT2D eigenvalue weighted by molar-refractivity contribution is -0.385. The van der Waals surface area contributed by atoms with Crippen molar-refractivity contribution in [1.82, 2.24) is 0 Å². The molecule has 0 heterocycles. The number of nitrogens with two attached hydrogens (primary N) is 1. The molecule has 19 heavy (non-hydrogen) atoms. The summed E-state index contributed by atoms with van der Waals surface area (Å²) in [5.74, 6) is -3.56. The van der Waals surface area contributed by atoms with Gasteiger partial charge in [0, 0.05) is 17.7 Å². The lowest BCUT2D eigenvalue weighted by Gasteiger charge is -2.23. The van der Waals surface area contributed by atoms with Crippen molar-refractivity contribution in [3.63, 3.8) is 0 Å². The number of alkyl halides is 2. The number of hydrogen-bond acceptors (Lipinski definition) is 5. The van der Waals surface area contributed by atoms with E-state index in [0.29, 0.717) is 0 Å². The van der Waals surface area contributed by atoms with Gasteiger partial charge in [-0.25, -0.2) is 8.78 Å². The molecule has 0 radical (unpaired) electrons. The SMILES string of the molecule is CCOc1ccc([N+](=O)[O-])cc1[C@@H](N)C(F)(F)CO. The fraction of sp³-hybridized carbons (Fsp3) is 0.455. The number of halogens is 2. The van der Waals surface area contributed by atoms with Crippen molar-refractivity contribution in [2.24, 2.45) is 5.73 Å². The van der Waals surface area contributed by atoms with Gasteiger partial charge in [0.05, 0.1) is 11.5 Å². The zero-order chi connectivity index (χ0) is 14.6. The molecule has 0 fully saturated rings. The minimum Gasteiger partial charge on any atom is -0.494 e. The molecular weight excluding hydrogens is 262 g/mol. The second-order valence-corrected chi connectivity index (χ2v) is 3.81. The Balaban J connectivity index is 3.27. The molecule has 0 saturated carbocycles. The normalized spacial score (nSPS) is 13.1. The van der Waals surface area contributed by atoms with Crippen LogP contribution in [0.15, 0.2) is 18.2 Å². The molecule has 0 aromatic heterocycles. The Morgan fingerprint density at radius 2 is 2.21 bits per heavy atom. The topological polar surface area (TPSA) is 98.6 Å². The zero-order valence-electron chi connectivity index (χ0n) is 10.2. The summed E-state index contributed by atoms with van der Waals surface area (Å²) in [4.78, 5) is 9.93. The summed E-state index contributed by atoms with van der Waals surface area (Å²) in [5, 5.41) is 19.3. The predicted molar refractivity (Wildman–Crippen MR) is 63.2 cm³/mol. The fourth-order valence-corrected chi connectivity index (χ4v) is 1.51. The number of rotatable bonds is 6. The number of hydrogen-bond donors (Lipinski definition) is 2. The Hall–Kier alpha value is -1.80. The number of aliphatic hydroxyl groups is 1. The lowest BCUT2D eigenvalue weighted by atomic mass is 10.00. The zero-order valence-corrected chi connectivity index (χ0v) is 10.2. The monoisotopic (exact) mass is 276 g/mol. The molecule has 0 amide bonds. The third-order valence-corrected chi connectivity index (χ3v) is 2.50. The van der Waals surface area contributed by atoms with Crippen molar-refractivity contribution in [2.75, 3.05) is 13.2 Å². The van der Waals surface area contributed by atoms with Gasteiger partial charge in [-0.2, -0.15) is 0 Å². The van der Waals surface area contributed by atoms with Crippen molar-refractivity contribution >= 4 is 5.69 Å². The first kappa shape index (κ1) is 15.3. The second-order valence-electron chi connectivity index (χ2n) is 3.81. The van der Waals surface area contributed by atoms with Gasteiger partial charge in [0.2, 0.25) is 0 Å². The molecule has 0 aliphatic heterocycles. The largest absolute Gasteiger partial charge is 0.494 e. The Morgan fingerprint density at radius 3 is 2.68 bits per heavy atom. The van der Waals surface area contributed by atoms with Crippen molar-refractivity contribution < 1.29 is 23.5 Å². The number of nitro benzene ring substituents is 1. The van der Waals surface area contributed by atoms with E-state index in [2.05, 4.69) is 0 Å². The minimum absolute atomic E-state index is 0.0359. The predicted octanol–water partition coefficient (Wildman–Crippen LogP) is 1.62. The molecule has 0 spiro atoms. The third-order valence-electron chi connectivity index (χ3n) is 2.50. The third kappa shape index (κ3) is 3.36. The molecule has 0 unspecified atom stereocenters. The van der Waals surface area contributed by atoms with E-state index in [1.165, 1.54) is 6.07 Å². The molecule has 1 aromatic carbocycles. The fourth-order valence-electron chi connectivity index (χ4n) is 1.51. The number of non-ortho nitro benzene ring substituents is 1. The molecule has 3 N–H and O–H groups in total. The van der Waals surface area contributed by atoms with Gasteiger partial charge < -0.3 is 15.6 Å². The minimum atomic E-state index is -3.60. The highest BCUT2D eigenvalue weighted by Crippen LogP contribution is 2.36. The summed E-state index contributed by atoms with van der Waals surface area (Å²) in [6.07, 6.45) is 0. The first-order valence-corrected chi connectivity index (χ1v) is 5.49. The Labute approximate surface area is 107 Å². The molecule has 0 saturated heterocycles. The molecule has 0 aliphatic carbocycles. The average Bonchev–Trinajstić information content (AvgIpc) is 2.38. The first-order valence-electron chi connectivity index (χ1n) is 5.49. The highest BCUT2D eigenvalue weighted by Gasteiger charge is 2.39. The van der Waals surface area contributed by atoms with Crippen LogP contribution in [0.25, 0.3) is 0 Å². The van der Waals surface area contributed by atoms with Crippen molar-refractivity contribution in [1.29, 1.82) is 0 Å². The Kier molecular flexibility index (Phi) is 4.73. The van der Waals surface area contributed by atoms with Gasteiger partial charge >= 0.3 is 0 Å². The maximum atomic E-state index is 13.4.